The largest absolute Gasteiger partial charge is 0.404 e. The summed E-state index contributed by atoms with van der Waals surface area (Å²) in [6.45, 7) is 1.67. The molecule has 0 saturated carbocycles. The van der Waals surface area contributed by atoms with E-state index in [4.69, 9.17) is 5.73 Å². The predicted molar refractivity (Wildman–Crippen MR) is 49.5 cm³/mol. The third kappa shape index (κ3) is 7.08. The van der Waals surface area contributed by atoms with Gasteiger partial charge in [-0.15, -0.1) is 0 Å². The van der Waals surface area contributed by atoms with E-state index < -0.39 is 0 Å². The van der Waals surface area contributed by atoms with Gasteiger partial charge in [0.25, 0.3) is 0 Å². The monoisotopic (exact) mass is 171 g/mol. The first kappa shape index (κ1) is 11.0. The summed E-state index contributed by atoms with van der Waals surface area (Å²) in [6, 6.07) is 0. The minimum Gasteiger partial charge on any atom is -0.404 e. The molecule has 3 N–H and O–H groups in total. The van der Waals surface area contributed by atoms with Crippen LogP contribution in [0.4, 0.5) is 0 Å². The number of carbonyl (C=O) groups is 1. The van der Waals surface area contributed by atoms with Gasteiger partial charge in [-0.1, -0.05) is 0 Å². The van der Waals surface area contributed by atoms with Crippen LogP contribution in [-0.4, -0.2) is 38.0 Å². The first-order valence-electron chi connectivity index (χ1n) is 3.97. The van der Waals surface area contributed by atoms with Crippen molar-refractivity contribution >= 4 is 5.91 Å². The maximum atomic E-state index is 10.8. The van der Waals surface area contributed by atoms with Crippen LogP contribution in [0.25, 0.3) is 0 Å². The standard InChI is InChI=1S/C8H17N3O/c1-11(2)7-3-6-10-8(12)4-5-9/h4-5H,3,6-7,9H2,1-2H3,(H,10,12)/b5-4+. The van der Waals surface area contributed by atoms with E-state index in [9.17, 15) is 4.79 Å². The van der Waals surface area contributed by atoms with Gasteiger partial charge in [-0.25, -0.2) is 0 Å². The van der Waals surface area contributed by atoms with E-state index in [0.29, 0.717) is 6.54 Å². The Morgan fingerprint density at radius 1 is 1.58 bits per heavy atom. The van der Waals surface area contributed by atoms with Crippen LogP contribution < -0.4 is 11.1 Å². The number of amides is 1. The first-order chi connectivity index (χ1) is 5.66. The molecule has 0 unspecified atom stereocenters. The van der Waals surface area contributed by atoms with E-state index in [2.05, 4.69) is 10.2 Å². The van der Waals surface area contributed by atoms with Gasteiger partial charge in [0.05, 0.1) is 0 Å². The number of hydrogen-bond acceptors (Lipinski definition) is 3. The van der Waals surface area contributed by atoms with Crippen molar-refractivity contribution in [3.05, 3.63) is 12.3 Å². The van der Waals surface area contributed by atoms with Crippen molar-refractivity contribution in [1.82, 2.24) is 10.2 Å². The normalized spacial score (nSPS) is 10.9. The van der Waals surface area contributed by atoms with Gasteiger partial charge in [0.2, 0.25) is 5.91 Å². The van der Waals surface area contributed by atoms with Gasteiger partial charge in [0, 0.05) is 12.6 Å². The molecule has 0 heterocycles. The van der Waals surface area contributed by atoms with Crippen LogP contribution in [0.3, 0.4) is 0 Å². The average Bonchev–Trinajstić information content (AvgIpc) is 1.98. The van der Waals surface area contributed by atoms with Gasteiger partial charge in [0.1, 0.15) is 0 Å². The highest BCUT2D eigenvalue weighted by atomic mass is 16.1. The van der Waals surface area contributed by atoms with Crippen molar-refractivity contribution < 1.29 is 4.79 Å². The molecule has 0 aliphatic heterocycles. The highest BCUT2D eigenvalue weighted by Gasteiger charge is 1.93. The Morgan fingerprint density at radius 2 is 2.25 bits per heavy atom. The molecular weight excluding hydrogens is 154 g/mol. The van der Waals surface area contributed by atoms with E-state index in [1.54, 1.807) is 0 Å². The second-order valence-corrected chi connectivity index (χ2v) is 2.81. The second-order valence-electron chi connectivity index (χ2n) is 2.81. The fraction of sp³-hybridized carbons (Fsp3) is 0.625. The molecule has 0 bridgehead atoms. The molecule has 0 radical (unpaired) electrons. The Balaban J connectivity index is 3.25. The molecule has 0 atom stereocenters. The van der Waals surface area contributed by atoms with Crippen molar-refractivity contribution in [2.24, 2.45) is 5.73 Å². The molecule has 0 rings (SSSR count). The third-order valence-electron chi connectivity index (χ3n) is 1.33. The molecule has 0 saturated heterocycles. The molecule has 0 aliphatic carbocycles. The summed E-state index contributed by atoms with van der Waals surface area (Å²) in [7, 11) is 4.00. The second kappa shape index (κ2) is 6.67. The van der Waals surface area contributed by atoms with Crippen molar-refractivity contribution in [1.29, 1.82) is 0 Å². The van der Waals surface area contributed by atoms with Crippen LogP contribution in [0.15, 0.2) is 12.3 Å². The lowest BCUT2D eigenvalue weighted by Gasteiger charge is -2.08. The number of carbonyl (C=O) groups excluding carboxylic acids is 1. The third-order valence-corrected chi connectivity index (χ3v) is 1.33. The number of hydrogen-bond donors (Lipinski definition) is 2. The van der Waals surface area contributed by atoms with Gasteiger partial charge in [-0.3, -0.25) is 4.79 Å². The summed E-state index contributed by atoms with van der Waals surface area (Å²) in [6.07, 6.45) is 3.51. The van der Waals surface area contributed by atoms with Crippen LogP contribution in [-0.2, 0) is 4.79 Å². The van der Waals surface area contributed by atoms with Crippen LogP contribution in [0.5, 0.6) is 0 Å². The quantitative estimate of drug-likeness (QED) is 0.434. The van der Waals surface area contributed by atoms with Crippen molar-refractivity contribution in [3.63, 3.8) is 0 Å². The van der Waals surface area contributed by atoms with E-state index >= 15 is 0 Å². The molecule has 70 valence electrons. The lowest BCUT2D eigenvalue weighted by molar-refractivity contribution is -0.116. The first-order valence-corrected chi connectivity index (χ1v) is 3.97. The summed E-state index contributed by atoms with van der Waals surface area (Å²) in [5.41, 5.74) is 5.03. The summed E-state index contributed by atoms with van der Waals surface area (Å²) in [5.74, 6) is -0.128. The zero-order chi connectivity index (χ0) is 9.40. The van der Waals surface area contributed by atoms with E-state index in [-0.39, 0.29) is 5.91 Å². The smallest absolute Gasteiger partial charge is 0.245 e. The summed E-state index contributed by atoms with van der Waals surface area (Å²) in [5, 5.41) is 2.71. The number of nitrogens with one attached hydrogen (secondary N) is 1. The Bertz CT molecular complexity index is 154. The summed E-state index contributed by atoms with van der Waals surface area (Å²) >= 11 is 0. The molecule has 0 aromatic carbocycles. The highest BCUT2D eigenvalue weighted by Crippen LogP contribution is 1.80. The van der Waals surface area contributed by atoms with Crippen LogP contribution in [0.1, 0.15) is 6.42 Å². The minimum absolute atomic E-state index is 0.128. The Labute approximate surface area is 73.4 Å². The maximum absolute atomic E-state index is 10.8. The zero-order valence-corrected chi connectivity index (χ0v) is 7.71. The van der Waals surface area contributed by atoms with E-state index in [1.165, 1.54) is 12.3 Å². The summed E-state index contributed by atoms with van der Waals surface area (Å²) in [4.78, 5) is 12.9. The number of nitrogens with zero attached hydrogens (tertiary/aromatic N) is 1. The van der Waals surface area contributed by atoms with Crippen LogP contribution >= 0.6 is 0 Å². The molecule has 0 aromatic rings. The topological polar surface area (TPSA) is 58.4 Å². The van der Waals surface area contributed by atoms with E-state index in [0.717, 1.165) is 13.0 Å². The molecule has 4 nitrogen and oxygen atoms in total. The molecule has 1 amide bonds. The van der Waals surface area contributed by atoms with Crippen molar-refractivity contribution in [2.75, 3.05) is 27.2 Å². The van der Waals surface area contributed by atoms with Crippen LogP contribution in [0, 0.1) is 0 Å². The predicted octanol–water partition coefficient (Wildman–Crippen LogP) is -0.473. The fourth-order valence-corrected chi connectivity index (χ4v) is 0.753. The Morgan fingerprint density at radius 3 is 2.75 bits per heavy atom. The summed E-state index contributed by atoms with van der Waals surface area (Å²) < 4.78 is 0. The molecule has 0 fully saturated rings. The number of nitrogens with two attached hydrogens (primary N) is 1. The molecule has 0 aromatic heterocycles. The molecule has 12 heavy (non-hydrogen) atoms. The fourth-order valence-electron chi connectivity index (χ4n) is 0.753. The zero-order valence-electron chi connectivity index (χ0n) is 7.71. The van der Waals surface area contributed by atoms with Gasteiger partial charge in [0.15, 0.2) is 0 Å². The van der Waals surface area contributed by atoms with Crippen molar-refractivity contribution in [3.8, 4) is 0 Å². The van der Waals surface area contributed by atoms with Gasteiger partial charge < -0.3 is 16.0 Å². The molecular formula is C8H17N3O. The van der Waals surface area contributed by atoms with E-state index in [1.807, 2.05) is 14.1 Å². The highest BCUT2D eigenvalue weighted by molar-refractivity contribution is 5.87. The van der Waals surface area contributed by atoms with Gasteiger partial charge in [-0.2, -0.15) is 0 Å². The molecule has 4 heteroatoms. The average molecular weight is 171 g/mol. The Kier molecular flexibility index (Phi) is 6.09. The number of rotatable bonds is 5. The molecule has 0 spiro atoms. The van der Waals surface area contributed by atoms with Crippen LogP contribution in [0.2, 0.25) is 0 Å². The Hall–Kier alpha value is -1.03. The lowest BCUT2D eigenvalue weighted by Crippen LogP contribution is -2.25. The maximum Gasteiger partial charge on any atom is 0.245 e. The SMILES string of the molecule is CN(C)CCCNC(=O)/C=C/N. The minimum atomic E-state index is -0.128. The van der Waals surface area contributed by atoms with Crippen molar-refractivity contribution in [2.45, 2.75) is 6.42 Å². The molecule has 0 aliphatic rings. The van der Waals surface area contributed by atoms with Gasteiger partial charge >= 0.3 is 0 Å². The lowest BCUT2D eigenvalue weighted by atomic mass is 10.4. The van der Waals surface area contributed by atoms with Gasteiger partial charge in [-0.05, 0) is 33.3 Å².